The van der Waals surface area contributed by atoms with Crippen molar-refractivity contribution in [3.63, 3.8) is 0 Å². The minimum absolute atomic E-state index is 0.0351. The third-order valence-electron chi connectivity index (χ3n) is 2.68. The molecule has 0 saturated carbocycles. The minimum Gasteiger partial charge on any atom is -0.392 e. The fourth-order valence-corrected chi connectivity index (χ4v) is 1.80. The SMILES string of the molecule is OCc1ccc2[nH]c(-c3ccncc3)nc2c1. The summed E-state index contributed by atoms with van der Waals surface area (Å²) >= 11 is 0. The lowest BCUT2D eigenvalue weighted by Crippen LogP contribution is -1.81. The van der Waals surface area contributed by atoms with Gasteiger partial charge in [-0.05, 0) is 29.8 Å². The Bertz CT molecular complexity index is 646. The van der Waals surface area contributed by atoms with Crippen molar-refractivity contribution in [1.82, 2.24) is 15.0 Å². The zero-order valence-corrected chi connectivity index (χ0v) is 9.09. The van der Waals surface area contributed by atoms with Crippen LogP contribution >= 0.6 is 0 Å². The summed E-state index contributed by atoms with van der Waals surface area (Å²) in [6.07, 6.45) is 3.48. The van der Waals surface area contributed by atoms with Crippen molar-refractivity contribution in [3.8, 4) is 11.4 Å². The van der Waals surface area contributed by atoms with Crippen LogP contribution in [0.5, 0.6) is 0 Å². The van der Waals surface area contributed by atoms with E-state index >= 15 is 0 Å². The highest BCUT2D eigenvalue weighted by molar-refractivity contribution is 5.79. The Labute approximate surface area is 98.0 Å². The molecule has 0 saturated heterocycles. The van der Waals surface area contributed by atoms with Crippen molar-refractivity contribution in [3.05, 3.63) is 48.3 Å². The first-order valence-electron chi connectivity index (χ1n) is 5.37. The van der Waals surface area contributed by atoms with Crippen LogP contribution < -0.4 is 0 Å². The lowest BCUT2D eigenvalue weighted by atomic mass is 10.2. The number of H-pyrrole nitrogens is 1. The maximum atomic E-state index is 9.07. The van der Waals surface area contributed by atoms with Gasteiger partial charge in [0.25, 0.3) is 0 Å². The van der Waals surface area contributed by atoms with Gasteiger partial charge in [-0.25, -0.2) is 4.98 Å². The van der Waals surface area contributed by atoms with Gasteiger partial charge in [-0.15, -0.1) is 0 Å². The Hall–Kier alpha value is -2.20. The van der Waals surface area contributed by atoms with E-state index < -0.39 is 0 Å². The van der Waals surface area contributed by atoms with E-state index in [2.05, 4.69) is 15.0 Å². The summed E-state index contributed by atoms with van der Waals surface area (Å²) in [7, 11) is 0. The van der Waals surface area contributed by atoms with Gasteiger partial charge >= 0.3 is 0 Å². The molecule has 4 nitrogen and oxygen atoms in total. The minimum atomic E-state index is 0.0351. The van der Waals surface area contributed by atoms with Crippen LogP contribution in [0, 0.1) is 0 Å². The van der Waals surface area contributed by atoms with E-state index in [9.17, 15) is 0 Å². The third-order valence-corrected chi connectivity index (χ3v) is 2.68. The van der Waals surface area contributed by atoms with Crippen LogP contribution in [0.2, 0.25) is 0 Å². The second kappa shape index (κ2) is 3.99. The fourth-order valence-electron chi connectivity index (χ4n) is 1.80. The zero-order valence-electron chi connectivity index (χ0n) is 9.09. The first-order valence-corrected chi connectivity index (χ1v) is 5.37. The summed E-state index contributed by atoms with van der Waals surface area (Å²) in [5.74, 6) is 0.817. The van der Waals surface area contributed by atoms with Crippen LogP contribution in [0.15, 0.2) is 42.7 Å². The second-order valence-corrected chi connectivity index (χ2v) is 3.83. The number of aromatic amines is 1. The van der Waals surface area contributed by atoms with Crippen molar-refractivity contribution in [1.29, 1.82) is 0 Å². The number of aliphatic hydroxyl groups is 1. The Morgan fingerprint density at radius 2 is 1.94 bits per heavy atom. The molecule has 1 aromatic carbocycles. The van der Waals surface area contributed by atoms with Gasteiger partial charge in [-0.2, -0.15) is 0 Å². The monoisotopic (exact) mass is 225 g/mol. The average molecular weight is 225 g/mol. The number of aromatic nitrogens is 3. The molecule has 2 aromatic heterocycles. The van der Waals surface area contributed by atoms with Crippen molar-refractivity contribution >= 4 is 11.0 Å². The van der Waals surface area contributed by atoms with Crippen LogP contribution in [0.25, 0.3) is 22.4 Å². The van der Waals surface area contributed by atoms with Crippen molar-refractivity contribution < 1.29 is 5.11 Å². The van der Waals surface area contributed by atoms with Crippen LogP contribution in [0.1, 0.15) is 5.56 Å². The highest BCUT2D eigenvalue weighted by Gasteiger charge is 2.05. The van der Waals surface area contributed by atoms with E-state index in [1.54, 1.807) is 12.4 Å². The van der Waals surface area contributed by atoms with Crippen molar-refractivity contribution in [2.75, 3.05) is 0 Å². The van der Waals surface area contributed by atoms with Crippen molar-refractivity contribution in [2.45, 2.75) is 6.61 Å². The number of nitrogens with zero attached hydrogens (tertiary/aromatic N) is 2. The van der Waals surface area contributed by atoms with Gasteiger partial charge in [-0.1, -0.05) is 6.07 Å². The normalized spacial score (nSPS) is 10.9. The number of hydrogen-bond acceptors (Lipinski definition) is 3. The van der Waals surface area contributed by atoms with Gasteiger partial charge in [0.15, 0.2) is 0 Å². The maximum Gasteiger partial charge on any atom is 0.138 e. The van der Waals surface area contributed by atoms with Crippen molar-refractivity contribution in [2.24, 2.45) is 0 Å². The first kappa shape index (κ1) is 9.99. The quantitative estimate of drug-likeness (QED) is 0.702. The summed E-state index contributed by atoms with van der Waals surface area (Å²) in [4.78, 5) is 11.7. The van der Waals surface area contributed by atoms with Gasteiger partial charge < -0.3 is 10.1 Å². The molecule has 0 radical (unpaired) electrons. The Kier molecular flexibility index (Phi) is 2.34. The van der Waals surface area contributed by atoms with Crippen LogP contribution in [-0.2, 0) is 6.61 Å². The molecule has 17 heavy (non-hydrogen) atoms. The molecule has 0 amide bonds. The number of rotatable bonds is 2. The number of aliphatic hydroxyl groups excluding tert-OH is 1. The number of hydrogen-bond donors (Lipinski definition) is 2. The van der Waals surface area contributed by atoms with E-state index in [-0.39, 0.29) is 6.61 Å². The molecule has 0 aliphatic heterocycles. The highest BCUT2D eigenvalue weighted by atomic mass is 16.3. The van der Waals surface area contributed by atoms with Gasteiger partial charge in [0, 0.05) is 18.0 Å². The molecule has 3 rings (SSSR count). The molecule has 84 valence electrons. The number of pyridine rings is 1. The van der Waals surface area contributed by atoms with Gasteiger partial charge in [0.05, 0.1) is 17.6 Å². The molecular weight excluding hydrogens is 214 g/mol. The molecule has 0 aliphatic rings. The molecule has 0 unspecified atom stereocenters. The van der Waals surface area contributed by atoms with E-state index in [1.807, 2.05) is 30.3 Å². The lowest BCUT2D eigenvalue weighted by Gasteiger charge is -1.93. The Morgan fingerprint density at radius 3 is 2.71 bits per heavy atom. The number of benzene rings is 1. The molecule has 0 spiro atoms. The zero-order chi connectivity index (χ0) is 11.7. The summed E-state index contributed by atoms with van der Waals surface area (Å²) in [6, 6.07) is 9.52. The highest BCUT2D eigenvalue weighted by Crippen LogP contribution is 2.20. The Balaban J connectivity index is 2.14. The summed E-state index contributed by atoms with van der Waals surface area (Å²) in [5.41, 5.74) is 3.70. The topological polar surface area (TPSA) is 61.8 Å². The van der Waals surface area contributed by atoms with Gasteiger partial charge in [0.2, 0.25) is 0 Å². The molecular formula is C13H11N3O. The third kappa shape index (κ3) is 1.79. The molecule has 2 heterocycles. The predicted molar refractivity (Wildman–Crippen MR) is 65.2 cm³/mol. The molecule has 0 bridgehead atoms. The fraction of sp³-hybridized carbons (Fsp3) is 0.0769. The first-order chi connectivity index (χ1) is 8.36. The summed E-state index contributed by atoms with van der Waals surface area (Å²) in [6.45, 7) is 0.0351. The largest absolute Gasteiger partial charge is 0.392 e. The van der Waals surface area contributed by atoms with E-state index in [0.29, 0.717) is 0 Å². The van der Waals surface area contributed by atoms with E-state index in [1.165, 1.54) is 0 Å². The summed E-state index contributed by atoms with van der Waals surface area (Å²) < 4.78 is 0. The maximum absolute atomic E-state index is 9.07. The number of fused-ring (bicyclic) bond motifs is 1. The molecule has 0 fully saturated rings. The van der Waals surface area contributed by atoms with Gasteiger partial charge in [0.1, 0.15) is 5.82 Å². The molecule has 0 aliphatic carbocycles. The number of nitrogens with one attached hydrogen (secondary N) is 1. The van der Waals surface area contributed by atoms with E-state index in [4.69, 9.17) is 5.11 Å². The van der Waals surface area contributed by atoms with E-state index in [0.717, 1.165) is 28.0 Å². The van der Waals surface area contributed by atoms with Gasteiger partial charge in [-0.3, -0.25) is 4.98 Å². The molecule has 4 heteroatoms. The molecule has 3 aromatic rings. The smallest absolute Gasteiger partial charge is 0.138 e. The standard InChI is InChI=1S/C13H11N3O/c17-8-9-1-2-11-12(7-9)16-13(15-11)10-3-5-14-6-4-10/h1-7,17H,8H2,(H,15,16). The number of imidazole rings is 1. The lowest BCUT2D eigenvalue weighted by molar-refractivity contribution is 0.282. The van der Waals surface area contributed by atoms with Crippen LogP contribution in [0.4, 0.5) is 0 Å². The molecule has 0 atom stereocenters. The Morgan fingerprint density at radius 1 is 1.12 bits per heavy atom. The average Bonchev–Trinajstić information content (AvgIpc) is 2.82. The second-order valence-electron chi connectivity index (χ2n) is 3.83. The predicted octanol–water partition coefficient (Wildman–Crippen LogP) is 2.12. The van der Waals surface area contributed by atoms with Crippen LogP contribution in [0.3, 0.4) is 0 Å². The molecule has 2 N–H and O–H groups in total. The van der Waals surface area contributed by atoms with Crippen LogP contribution in [-0.4, -0.2) is 20.1 Å². The summed E-state index contributed by atoms with van der Waals surface area (Å²) in [5, 5.41) is 9.07.